The van der Waals surface area contributed by atoms with Gasteiger partial charge in [0.25, 0.3) is 5.91 Å². The molecular weight excluding hydrogens is 251 g/mol. The minimum absolute atomic E-state index is 0.0707. The number of anilines is 1. The van der Waals surface area contributed by atoms with E-state index in [0.717, 1.165) is 12.3 Å². The van der Waals surface area contributed by atoms with E-state index in [1.54, 1.807) is 0 Å². The highest BCUT2D eigenvalue weighted by atomic mass is 19.1. The normalized spacial score (nSPS) is 10.0. The van der Waals surface area contributed by atoms with Gasteiger partial charge in [-0.05, 0) is 18.2 Å². The van der Waals surface area contributed by atoms with Gasteiger partial charge in [-0.3, -0.25) is 9.78 Å². The zero-order valence-corrected chi connectivity index (χ0v) is 10.1. The molecule has 0 aliphatic heterocycles. The largest absolute Gasteiger partial charge is 0.505 e. The fraction of sp³-hybridized carbons (Fsp3) is 0.0769. The minimum atomic E-state index is -0.537. The quantitative estimate of drug-likeness (QED) is 0.889. The molecule has 1 aromatic carbocycles. The number of carbonyl (C=O) groups is 1. The van der Waals surface area contributed by atoms with Crippen LogP contribution in [0.1, 0.15) is 10.4 Å². The van der Waals surface area contributed by atoms with Crippen molar-refractivity contribution in [2.45, 2.75) is 0 Å². The SMILES string of the molecule is COc1cc(F)ccc1NC(=O)c1ccncc1O. The second kappa shape index (κ2) is 5.34. The molecule has 2 aromatic rings. The topological polar surface area (TPSA) is 71.5 Å². The summed E-state index contributed by atoms with van der Waals surface area (Å²) < 4.78 is 18.0. The molecule has 0 bridgehead atoms. The number of hydrogen-bond donors (Lipinski definition) is 2. The molecule has 0 saturated heterocycles. The molecule has 0 aliphatic carbocycles. The van der Waals surface area contributed by atoms with E-state index in [4.69, 9.17) is 4.74 Å². The Kier molecular flexibility index (Phi) is 3.61. The van der Waals surface area contributed by atoms with Gasteiger partial charge in [-0.15, -0.1) is 0 Å². The van der Waals surface area contributed by atoms with Crippen molar-refractivity contribution in [3.05, 3.63) is 48.0 Å². The lowest BCUT2D eigenvalue weighted by Gasteiger charge is -2.10. The van der Waals surface area contributed by atoms with E-state index in [1.807, 2.05) is 0 Å². The van der Waals surface area contributed by atoms with E-state index in [0.29, 0.717) is 5.69 Å². The number of aromatic hydroxyl groups is 1. The van der Waals surface area contributed by atoms with Crippen LogP contribution in [0.5, 0.6) is 11.5 Å². The van der Waals surface area contributed by atoms with Gasteiger partial charge in [-0.1, -0.05) is 0 Å². The fourth-order valence-electron chi connectivity index (χ4n) is 1.54. The van der Waals surface area contributed by atoms with Gasteiger partial charge in [0.05, 0.1) is 24.6 Å². The molecule has 0 unspecified atom stereocenters. The molecular formula is C13H11FN2O3. The van der Waals surface area contributed by atoms with Crippen molar-refractivity contribution in [1.82, 2.24) is 4.98 Å². The number of ether oxygens (including phenoxy) is 1. The van der Waals surface area contributed by atoms with Gasteiger partial charge in [-0.25, -0.2) is 4.39 Å². The number of halogens is 1. The molecule has 0 atom stereocenters. The number of rotatable bonds is 3. The Hall–Kier alpha value is -2.63. The summed E-state index contributed by atoms with van der Waals surface area (Å²) in [5.74, 6) is -1.05. The van der Waals surface area contributed by atoms with Crippen LogP contribution >= 0.6 is 0 Å². The highest BCUT2D eigenvalue weighted by molar-refractivity contribution is 6.06. The van der Waals surface area contributed by atoms with Crippen LogP contribution in [0.3, 0.4) is 0 Å². The fourth-order valence-corrected chi connectivity index (χ4v) is 1.54. The first kappa shape index (κ1) is 12.8. The van der Waals surface area contributed by atoms with Crippen LogP contribution in [0.25, 0.3) is 0 Å². The maximum absolute atomic E-state index is 13.0. The van der Waals surface area contributed by atoms with E-state index in [9.17, 15) is 14.3 Å². The van der Waals surface area contributed by atoms with Crippen molar-refractivity contribution in [3.8, 4) is 11.5 Å². The van der Waals surface area contributed by atoms with E-state index in [2.05, 4.69) is 10.3 Å². The molecule has 1 heterocycles. The summed E-state index contributed by atoms with van der Waals surface area (Å²) in [6.07, 6.45) is 2.55. The third-order valence-corrected chi connectivity index (χ3v) is 2.46. The molecule has 6 heteroatoms. The van der Waals surface area contributed by atoms with Crippen molar-refractivity contribution in [2.75, 3.05) is 12.4 Å². The van der Waals surface area contributed by atoms with Gasteiger partial charge in [0.15, 0.2) is 0 Å². The summed E-state index contributed by atoms with van der Waals surface area (Å²) in [6, 6.07) is 5.11. The third-order valence-electron chi connectivity index (χ3n) is 2.46. The molecule has 0 aliphatic rings. The Morgan fingerprint density at radius 2 is 2.21 bits per heavy atom. The number of nitrogens with one attached hydrogen (secondary N) is 1. The predicted molar refractivity (Wildman–Crippen MR) is 66.8 cm³/mol. The number of nitrogens with zero attached hydrogens (tertiary/aromatic N) is 1. The molecule has 5 nitrogen and oxygen atoms in total. The van der Waals surface area contributed by atoms with Gasteiger partial charge in [0.2, 0.25) is 0 Å². The highest BCUT2D eigenvalue weighted by Gasteiger charge is 2.13. The van der Waals surface area contributed by atoms with Crippen molar-refractivity contribution < 1.29 is 19.0 Å². The predicted octanol–water partition coefficient (Wildman–Crippen LogP) is 2.19. The lowest BCUT2D eigenvalue weighted by atomic mass is 10.2. The van der Waals surface area contributed by atoms with Gasteiger partial charge in [0.1, 0.15) is 17.3 Å². The van der Waals surface area contributed by atoms with E-state index >= 15 is 0 Å². The van der Waals surface area contributed by atoms with Crippen LogP contribution in [0.4, 0.5) is 10.1 Å². The van der Waals surface area contributed by atoms with Gasteiger partial charge < -0.3 is 15.2 Å². The highest BCUT2D eigenvalue weighted by Crippen LogP contribution is 2.26. The summed E-state index contributed by atoms with van der Waals surface area (Å²) in [5.41, 5.74) is 0.381. The second-order valence-corrected chi connectivity index (χ2v) is 3.69. The van der Waals surface area contributed by atoms with Crippen LogP contribution in [0.15, 0.2) is 36.7 Å². The average Bonchev–Trinajstić information content (AvgIpc) is 2.41. The average molecular weight is 262 g/mol. The Bertz CT molecular complexity index is 617. The van der Waals surface area contributed by atoms with Gasteiger partial charge in [0, 0.05) is 12.3 Å². The van der Waals surface area contributed by atoms with Crippen molar-refractivity contribution in [1.29, 1.82) is 0 Å². The first-order valence-corrected chi connectivity index (χ1v) is 5.39. The standard InChI is InChI=1S/C13H11FN2O3/c1-19-12-6-8(14)2-3-10(12)16-13(18)9-4-5-15-7-11(9)17/h2-7,17H,1H3,(H,16,18). The van der Waals surface area contributed by atoms with Gasteiger partial charge >= 0.3 is 0 Å². The molecule has 0 radical (unpaired) electrons. The number of pyridine rings is 1. The van der Waals surface area contributed by atoms with Gasteiger partial charge in [-0.2, -0.15) is 0 Å². The van der Waals surface area contributed by atoms with Crippen LogP contribution in [-0.4, -0.2) is 23.1 Å². The smallest absolute Gasteiger partial charge is 0.259 e. The van der Waals surface area contributed by atoms with Crippen LogP contribution in [0, 0.1) is 5.82 Å². The number of aromatic nitrogens is 1. The van der Waals surface area contributed by atoms with Crippen LogP contribution in [-0.2, 0) is 0 Å². The maximum atomic E-state index is 13.0. The molecule has 0 spiro atoms. The summed E-state index contributed by atoms with van der Waals surface area (Å²) in [7, 11) is 1.37. The number of hydrogen-bond acceptors (Lipinski definition) is 4. The monoisotopic (exact) mass is 262 g/mol. The molecule has 19 heavy (non-hydrogen) atoms. The summed E-state index contributed by atoms with van der Waals surface area (Å²) in [6.45, 7) is 0. The Labute approximate surface area is 108 Å². The molecule has 0 fully saturated rings. The number of benzene rings is 1. The zero-order valence-electron chi connectivity index (χ0n) is 10.1. The lowest BCUT2D eigenvalue weighted by molar-refractivity contribution is 0.102. The summed E-state index contributed by atoms with van der Waals surface area (Å²) in [4.78, 5) is 15.6. The molecule has 1 aromatic heterocycles. The second-order valence-electron chi connectivity index (χ2n) is 3.69. The molecule has 1 amide bonds. The first-order valence-electron chi connectivity index (χ1n) is 5.39. The van der Waals surface area contributed by atoms with E-state index in [1.165, 1.54) is 31.5 Å². The first-order chi connectivity index (χ1) is 9.11. The van der Waals surface area contributed by atoms with E-state index in [-0.39, 0.29) is 17.1 Å². The minimum Gasteiger partial charge on any atom is -0.505 e. The number of methoxy groups -OCH3 is 1. The zero-order chi connectivity index (χ0) is 13.8. The van der Waals surface area contributed by atoms with Crippen LogP contribution in [0.2, 0.25) is 0 Å². The number of carbonyl (C=O) groups excluding carboxylic acids is 1. The molecule has 2 N–H and O–H groups in total. The van der Waals surface area contributed by atoms with E-state index < -0.39 is 11.7 Å². The molecule has 98 valence electrons. The third kappa shape index (κ3) is 2.79. The molecule has 2 rings (SSSR count). The summed E-state index contributed by atoms with van der Waals surface area (Å²) >= 11 is 0. The van der Waals surface area contributed by atoms with Crippen molar-refractivity contribution in [2.24, 2.45) is 0 Å². The summed E-state index contributed by atoms with van der Waals surface area (Å²) in [5, 5.41) is 12.0. The Morgan fingerprint density at radius 1 is 1.42 bits per heavy atom. The Balaban J connectivity index is 2.27. The number of amides is 1. The van der Waals surface area contributed by atoms with Crippen LogP contribution < -0.4 is 10.1 Å². The maximum Gasteiger partial charge on any atom is 0.259 e. The van der Waals surface area contributed by atoms with Crippen molar-refractivity contribution in [3.63, 3.8) is 0 Å². The Morgan fingerprint density at radius 3 is 2.89 bits per heavy atom. The lowest BCUT2D eigenvalue weighted by Crippen LogP contribution is -2.13. The van der Waals surface area contributed by atoms with Crippen molar-refractivity contribution >= 4 is 11.6 Å². The molecule has 0 saturated carbocycles.